The summed E-state index contributed by atoms with van der Waals surface area (Å²) in [5, 5.41) is 9.94. The van der Waals surface area contributed by atoms with Crippen LogP contribution in [-0.4, -0.2) is 22.9 Å². The third-order valence-corrected chi connectivity index (χ3v) is 5.50. The molecule has 1 spiro atoms. The van der Waals surface area contributed by atoms with Gasteiger partial charge in [0, 0.05) is 5.41 Å². The second kappa shape index (κ2) is 3.34. The second-order valence-corrected chi connectivity index (χ2v) is 6.71. The molecule has 0 aromatic rings. The van der Waals surface area contributed by atoms with Crippen LogP contribution in [0.4, 0.5) is 0 Å². The first-order valence-corrected chi connectivity index (χ1v) is 6.61. The fraction of sp³-hybridized carbons (Fsp3) is 0.857. The molecule has 0 radical (unpaired) electrons. The van der Waals surface area contributed by atoms with Crippen molar-refractivity contribution in [1.82, 2.24) is 0 Å². The van der Waals surface area contributed by atoms with Crippen molar-refractivity contribution < 1.29 is 14.9 Å². The highest BCUT2D eigenvalue weighted by Crippen LogP contribution is 2.63. The molecule has 1 saturated heterocycles. The van der Waals surface area contributed by atoms with Gasteiger partial charge in [-0.3, -0.25) is 0 Å². The molecule has 17 heavy (non-hydrogen) atoms. The molecule has 3 nitrogen and oxygen atoms in total. The quantitative estimate of drug-likeness (QED) is 0.521. The van der Waals surface area contributed by atoms with Crippen molar-refractivity contribution in [3.05, 3.63) is 12.2 Å². The Labute approximate surface area is 103 Å². The summed E-state index contributed by atoms with van der Waals surface area (Å²) in [6, 6.07) is 0. The van der Waals surface area contributed by atoms with Gasteiger partial charge in [-0.25, -0.2) is 9.78 Å². The third kappa shape index (κ3) is 1.33. The van der Waals surface area contributed by atoms with E-state index < -0.39 is 0 Å². The summed E-state index contributed by atoms with van der Waals surface area (Å²) >= 11 is 0. The monoisotopic (exact) mass is 238 g/mol. The van der Waals surface area contributed by atoms with Gasteiger partial charge in [-0.05, 0) is 38.0 Å². The molecule has 3 aliphatic rings. The SMILES string of the molecule is CC1(C)CC=CC2(C)OOC3CC12CCC3O. The first kappa shape index (κ1) is 11.7. The zero-order valence-corrected chi connectivity index (χ0v) is 10.9. The van der Waals surface area contributed by atoms with Crippen LogP contribution in [0.25, 0.3) is 0 Å². The van der Waals surface area contributed by atoms with Gasteiger partial charge in [0.05, 0.1) is 6.10 Å². The van der Waals surface area contributed by atoms with Crippen LogP contribution in [0, 0.1) is 10.8 Å². The van der Waals surface area contributed by atoms with Crippen LogP contribution >= 0.6 is 0 Å². The smallest absolute Gasteiger partial charge is 0.125 e. The zero-order valence-electron chi connectivity index (χ0n) is 10.9. The molecule has 0 aromatic heterocycles. The van der Waals surface area contributed by atoms with Crippen molar-refractivity contribution in [2.24, 2.45) is 10.8 Å². The molecule has 4 unspecified atom stereocenters. The van der Waals surface area contributed by atoms with Gasteiger partial charge >= 0.3 is 0 Å². The van der Waals surface area contributed by atoms with E-state index in [1.807, 2.05) is 0 Å². The second-order valence-electron chi connectivity index (χ2n) is 6.71. The average molecular weight is 238 g/mol. The molecule has 2 bridgehead atoms. The predicted octanol–water partition coefficient (Wildman–Crippen LogP) is 2.59. The van der Waals surface area contributed by atoms with Crippen LogP contribution in [0.1, 0.15) is 46.5 Å². The Bertz CT molecular complexity index is 362. The summed E-state index contributed by atoms with van der Waals surface area (Å²) < 4.78 is 0. The van der Waals surface area contributed by atoms with Crippen molar-refractivity contribution in [3.63, 3.8) is 0 Å². The van der Waals surface area contributed by atoms with Gasteiger partial charge < -0.3 is 5.11 Å². The lowest BCUT2D eigenvalue weighted by Gasteiger charge is -2.63. The number of allylic oxidation sites excluding steroid dienone is 1. The van der Waals surface area contributed by atoms with E-state index in [1.165, 1.54) is 0 Å². The summed E-state index contributed by atoms with van der Waals surface area (Å²) in [4.78, 5) is 11.1. The Kier molecular flexibility index (Phi) is 2.30. The number of hydrogen-bond donors (Lipinski definition) is 1. The lowest BCUT2D eigenvalue weighted by atomic mass is 9.47. The molecular weight excluding hydrogens is 216 g/mol. The minimum absolute atomic E-state index is 0.0941. The molecule has 3 rings (SSSR count). The van der Waals surface area contributed by atoms with Crippen molar-refractivity contribution in [2.45, 2.75) is 64.3 Å². The van der Waals surface area contributed by atoms with Crippen LogP contribution in [0.3, 0.4) is 0 Å². The third-order valence-electron chi connectivity index (χ3n) is 5.50. The average Bonchev–Trinajstić information content (AvgIpc) is 2.26. The molecular formula is C14H22O3. The predicted molar refractivity (Wildman–Crippen MR) is 64.2 cm³/mol. The first-order valence-electron chi connectivity index (χ1n) is 6.61. The normalized spacial score (nSPS) is 52.0. The van der Waals surface area contributed by atoms with Gasteiger partial charge in [0.15, 0.2) is 0 Å². The van der Waals surface area contributed by atoms with E-state index in [0.717, 1.165) is 25.7 Å². The summed E-state index contributed by atoms with van der Waals surface area (Å²) in [5.74, 6) is 0. The van der Waals surface area contributed by atoms with E-state index >= 15 is 0 Å². The van der Waals surface area contributed by atoms with Gasteiger partial charge in [-0.1, -0.05) is 26.0 Å². The van der Waals surface area contributed by atoms with E-state index in [2.05, 4.69) is 32.9 Å². The Morgan fingerprint density at radius 2 is 2.06 bits per heavy atom. The Morgan fingerprint density at radius 1 is 1.29 bits per heavy atom. The molecule has 2 fully saturated rings. The summed E-state index contributed by atoms with van der Waals surface area (Å²) in [7, 11) is 0. The standard InChI is InChI=1S/C14H22O3/c1-12(2)6-4-7-13(3)14(12)8-5-10(15)11(9-14)16-17-13/h4,7,10-11,15H,5-6,8-9H2,1-3H3. The van der Waals surface area contributed by atoms with Crippen molar-refractivity contribution in [1.29, 1.82) is 0 Å². The van der Waals surface area contributed by atoms with Crippen molar-refractivity contribution >= 4 is 0 Å². The van der Waals surface area contributed by atoms with Crippen LogP contribution in [0.15, 0.2) is 12.2 Å². The maximum atomic E-state index is 9.94. The molecule has 1 saturated carbocycles. The first-order chi connectivity index (χ1) is 7.90. The highest BCUT2D eigenvalue weighted by molar-refractivity contribution is 5.22. The van der Waals surface area contributed by atoms with Gasteiger partial charge in [-0.15, -0.1) is 0 Å². The fourth-order valence-corrected chi connectivity index (χ4v) is 4.20. The number of aliphatic hydroxyl groups excluding tert-OH is 1. The van der Waals surface area contributed by atoms with E-state index in [-0.39, 0.29) is 28.6 Å². The summed E-state index contributed by atoms with van der Waals surface area (Å²) in [6.07, 6.45) is 7.67. The van der Waals surface area contributed by atoms with Gasteiger partial charge in [0.1, 0.15) is 11.7 Å². The lowest BCUT2D eigenvalue weighted by Crippen LogP contribution is -2.65. The van der Waals surface area contributed by atoms with E-state index in [1.54, 1.807) is 0 Å². The van der Waals surface area contributed by atoms with E-state index in [9.17, 15) is 5.11 Å². The Balaban J connectivity index is 2.07. The lowest BCUT2D eigenvalue weighted by molar-refractivity contribution is -0.455. The molecule has 1 heterocycles. The number of hydrogen-bond acceptors (Lipinski definition) is 3. The number of fused-ring (bicyclic) bond motifs is 1. The summed E-state index contributed by atoms with van der Waals surface area (Å²) in [6.45, 7) is 6.76. The van der Waals surface area contributed by atoms with Gasteiger partial charge in [-0.2, -0.15) is 0 Å². The van der Waals surface area contributed by atoms with E-state index in [4.69, 9.17) is 9.78 Å². The molecule has 2 aliphatic carbocycles. The van der Waals surface area contributed by atoms with Gasteiger partial charge in [0.2, 0.25) is 0 Å². The Hall–Kier alpha value is -0.380. The number of rotatable bonds is 0. The minimum Gasteiger partial charge on any atom is -0.390 e. The maximum absolute atomic E-state index is 9.94. The highest BCUT2D eigenvalue weighted by Gasteiger charge is 2.64. The van der Waals surface area contributed by atoms with Crippen LogP contribution in [0.5, 0.6) is 0 Å². The molecule has 1 N–H and O–H groups in total. The van der Waals surface area contributed by atoms with E-state index in [0.29, 0.717) is 0 Å². The fourth-order valence-electron chi connectivity index (χ4n) is 4.20. The largest absolute Gasteiger partial charge is 0.390 e. The van der Waals surface area contributed by atoms with Crippen LogP contribution < -0.4 is 0 Å². The summed E-state index contributed by atoms with van der Waals surface area (Å²) in [5.41, 5.74) is -0.0546. The molecule has 0 aromatic carbocycles. The molecule has 3 heteroatoms. The molecule has 1 aliphatic heterocycles. The van der Waals surface area contributed by atoms with Crippen molar-refractivity contribution in [3.8, 4) is 0 Å². The van der Waals surface area contributed by atoms with Crippen molar-refractivity contribution in [2.75, 3.05) is 0 Å². The van der Waals surface area contributed by atoms with Crippen LogP contribution in [0.2, 0.25) is 0 Å². The van der Waals surface area contributed by atoms with Gasteiger partial charge in [0.25, 0.3) is 0 Å². The molecule has 96 valence electrons. The van der Waals surface area contributed by atoms with Crippen LogP contribution in [-0.2, 0) is 9.78 Å². The minimum atomic E-state index is -0.369. The topological polar surface area (TPSA) is 38.7 Å². The zero-order chi connectivity index (χ0) is 12.3. The number of aliphatic hydroxyl groups is 1. The highest BCUT2D eigenvalue weighted by atomic mass is 17.2. The molecule has 4 atom stereocenters. The molecule has 0 amide bonds. The Morgan fingerprint density at radius 3 is 2.82 bits per heavy atom. The maximum Gasteiger partial charge on any atom is 0.125 e.